The Kier molecular flexibility index (Phi) is 8.56. The minimum Gasteiger partial charge on any atom is -0.744 e. The summed E-state index contributed by atoms with van der Waals surface area (Å²) in [6.45, 7) is 2.30. The van der Waals surface area contributed by atoms with Crippen LogP contribution in [-0.4, -0.2) is 62.8 Å². The number of azo groups is 1. The summed E-state index contributed by atoms with van der Waals surface area (Å²) in [4.78, 5) is 28.2. The zero-order chi connectivity index (χ0) is 26.5. The number of carbonyl (C=O) groups is 2. The van der Waals surface area contributed by atoms with Gasteiger partial charge in [0.05, 0.1) is 27.8 Å². The molecule has 3 rings (SSSR count). The van der Waals surface area contributed by atoms with Gasteiger partial charge in [-0.3, -0.25) is 15.0 Å². The number of pyridine rings is 1. The molecule has 0 spiro atoms. The first-order chi connectivity index (χ1) is 17.0. The summed E-state index contributed by atoms with van der Waals surface area (Å²) < 4.78 is 37.0. The maximum atomic E-state index is 13.4. The van der Waals surface area contributed by atoms with E-state index in [0.29, 0.717) is 30.7 Å². The molecule has 0 radical (unpaired) electrons. The Hall–Kier alpha value is -3.61. The fraction of sp³-hybridized carbons (Fsp3) is 0.333. The van der Waals surface area contributed by atoms with Gasteiger partial charge in [-0.05, 0) is 58.6 Å². The van der Waals surface area contributed by atoms with Gasteiger partial charge in [0.25, 0.3) is 5.70 Å². The van der Waals surface area contributed by atoms with Gasteiger partial charge in [0.2, 0.25) is 5.78 Å². The van der Waals surface area contributed by atoms with E-state index < -0.39 is 26.7 Å². The molecule has 0 aliphatic heterocycles. The van der Waals surface area contributed by atoms with Crippen molar-refractivity contribution in [3.05, 3.63) is 54.4 Å². The van der Waals surface area contributed by atoms with Crippen LogP contribution in [0.4, 0.5) is 11.4 Å². The van der Waals surface area contributed by atoms with Gasteiger partial charge in [0.1, 0.15) is 15.8 Å². The summed E-state index contributed by atoms with van der Waals surface area (Å²) in [6, 6.07) is 9.05. The van der Waals surface area contributed by atoms with Crippen molar-refractivity contribution in [3.63, 3.8) is 0 Å². The van der Waals surface area contributed by atoms with Crippen molar-refractivity contribution >= 4 is 44.5 Å². The van der Waals surface area contributed by atoms with Gasteiger partial charge in [-0.25, -0.2) is 8.42 Å². The van der Waals surface area contributed by atoms with Crippen molar-refractivity contribution in [1.29, 1.82) is 0 Å². The minimum atomic E-state index is -4.85. The Bertz CT molecular complexity index is 1350. The molecule has 1 N–H and O–H groups in total. The summed E-state index contributed by atoms with van der Waals surface area (Å²) in [5, 5.41) is 11.7. The highest BCUT2D eigenvalue weighted by Gasteiger charge is 2.43. The predicted molar refractivity (Wildman–Crippen MR) is 133 cm³/mol. The van der Waals surface area contributed by atoms with Crippen LogP contribution in [0.1, 0.15) is 19.8 Å². The molecule has 0 saturated heterocycles. The Morgan fingerprint density at radius 1 is 1.11 bits per heavy atom. The third-order valence-electron chi connectivity index (χ3n) is 5.62. The van der Waals surface area contributed by atoms with Gasteiger partial charge in [-0.2, -0.15) is 19.9 Å². The molecule has 1 aliphatic rings. The van der Waals surface area contributed by atoms with E-state index in [1.54, 1.807) is 36.0 Å². The average molecular weight is 513 g/mol. The predicted octanol–water partition coefficient (Wildman–Crippen LogP) is 2.40. The molecule has 1 aliphatic carbocycles. The summed E-state index contributed by atoms with van der Waals surface area (Å²) in [5.41, 5.74) is 3.29. The fourth-order valence-corrected chi connectivity index (χ4v) is 4.54. The summed E-state index contributed by atoms with van der Waals surface area (Å²) in [5.74, 6) is -1.72. The van der Waals surface area contributed by atoms with Gasteiger partial charge in [0, 0.05) is 19.2 Å². The van der Waals surface area contributed by atoms with Crippen LogP contribution in [0.25, 0.3) is 5.70 Å². The first-order valence-electron chi connectivity index (χ1n) is 11.2. The third-order valence-corrected chi connectivity index (χ3v) is 6.51. The number of hydrazone groups is 1. The second-order valence-corrected chi connectivity index (χ2v) is 9.84. The van der Waals surface area contributed by atoms with Gasteiger partial charge >= 0.3 is 0 Å². The number of ketones is 2. The van der Waals surface area contributed by atoms with E-state index >= 15 is 0 Å². The number of carbonyl (C=O) groups excluding carboxylic acids is 2. The van der Waals surface area contributed by atoms with Crippen LogP contribution in [-0.2, 0) is 19.7 Å². The van der Waals surface area contributed by atoms with Crippen molar-refractivity contribution in [1.82, 2.24) is 4.90 Å². The second kappa shape index (κ2) is 11.4. The molecule has 2 aromatic rings. The first-order valence-corrected chi connectivity index (χ1v) is 12.6. The molecule has 0 fully saturated rings. The monoisotopic (exact) mass is 512 g/mol. The summed E-state index contributed by atoms with van der Waals surface area (Å²) >= 11 is 0. The van der Waals surface area contributed by atoms with Crippen molar-refractivity contribution in [3.8, 4) is 0 Å². The maximum absolute atomic E-state index is 13.4. The van der Waals surface area contributed by atoms with E-state index in [1.807, 2.05) is 25.1 Å². The molecule has 0 saturated carbocycles. The van der Waals surface area contributed by atoms with Crippen LogP contribution in [0, 0.1) is 5.92 Å². The van der Waals surface area contributed by atoms with Gasteiger partial charge < -0.3 is 9.45 Å². The Labute approximate surface area is 210 Å². The largest absolute Gasteiger partial charge is 0.744 e. The van der Waals surface area contributed by atoms with Gasteiger partial charge in [-0.15, -0.1) is 0 Å². The number of hydrogen-bond acceptors (Lipinski definition) is 10. The van der Waals surface area contributed by atoms with E-state index in [-0.39, 0.29) is 22.9 Å². The number of Topliss-reactive ketones (excluding diaryl/α,β-unsaturated/α-hetero) is 2. The number of nitrogens with one attached hydrogen (secondary N) is 1. The zero-order valence-electron chi connectivity index (χ0n) is 20.5. The molecule has 1 aromatic heterocycles. The highest BCUT2D eigenvalue weighted by Crippen LogP contribution is 2.29. The topological polar surface area (TPSA) is 148 Å². The SMILES string of the molecule is CN=Nc1ccc(S(=O)(=O)[O-])c(NN=C2C(=O)C(CCCN(C)C)C(=O)C([n+]3ccccc3)=C2C)c1. The average Bonchev–Trinajstić information content (AvgIpc) is 2.81. The lowest BCUT2D eigenvalue weighted by Crippen LogP contribution is -2.47. The molecule has 12 heteroatoms. The Balaban J connectivity index is 2.10. The second-order valence-electron chi connectivity index (χ2n) is 8.49. The standard InChI is InChI=1S/C24H28N6O5S/c1-16-21(28-27-19-15-17(26-25-2)10-11-20(19)36(33,34)35)23(31)18(9-8-12-29(3)4)24(32)22(16)30-13-6-5-7-14-30/h5-7,10-11,13-15,18H,8-9,12H2,1-4H3,(H-,27,31,32,33,34,35). The smallest absolute Gasteiger partial charge is 0.260 e. The molecule has 1 atom stereocenters. The van der Waals surface area contributed by atoms with Crippen molar-refractivity contribution in [2.75, 3.05) is 33.1 Å². The number of hydrogen-bond donors (Lipinski definition) is 1. The highest BCUT2D eigenvalue weighted by molar-refractivity contribution is 7.86. The molecule has 190 valence electrons. The van der Waals surface area contributed by atoms with E-state index in [2.05, 4.69) is 20.8 Å². The number of aromatic nitrogens is 1. The molecule has 0 bridgehead atoms. The van der Waals surface area contributed by atoms with E-state index in [0.717, 1.165) is 6.07 Å². The molecule has 0 amide bonds. The lowest BCUT2D eigenvalue weighted by Gasteiger charge is -2.22. The van der Waals surface area contributed by atoms with Gasteiger partial charge in [0.15, 0.2) is 18.2 Å². The molecular formula is C24H28N6O5S. The van der Waals surface area contributed by atoms with E-state index in [9.17, 15) is 22.6 Å². The maximum Gasteiger partial charge on any atom is 0.260 e. The third kappa shape index (κ3) is 6.14. The normalized spacial score (nSPS) is 18.1. The minimum absolute atomic E-state index is 0.0208. The Morgan fingerprint density at radius 3 is 2.42 bits per heavy atom. The summed E-state index contributed by atoms with van der Waals surface area (Å²) in [7, 11) is 0.403. The van der Waals surface area contributed by atoms with Crippen LogP contribution >= 0.6 is 0 Å². The van der Waals surface area contributed by atoms with Crippen molar-refractivity contribution in [2.24, 2.45) is 21.2 Å². The molecular weight excluding hydrogens is 484 g/mol. The Morgan fingerprint density at radius 2 is 1.81 bits per heavy atom. The molecule has 1 heterocycles. The van der Waals surface area contributed by atoms with Crippen molar-refractivity contribution < 1.29 is 27.1 Å². The fourth-order valence-electron chi connectivity index (χ4n) is 3.93. The van der Waals surface area contributed by atoms with E-state index in [1.165, 1.54) is 19.2 Å². The lowest BCUT2D eigenvalue weighted by molar-refractivity contribution is -0.578. The molecule has 36 heavy (non-hydrogen) atoms. The lowest BCUT2D eigenvalue weighted by atomic mass is 9.81. The van der Waals surface area contributed by atoms with Gasteiger partial charge in [-0.1, -0.05) is 6.07 Å². The van der Waals surface area contributed by atoms with Crippen LogP contribution in [0.3, 0.4) is 0 Å². The number of anilines is 1. The van der Waals surface area contributed by atoms with Crippen LogP contribution in [0.15, 0.2) is 74.6 Å². The number of benzene rings is 1. The van der Waals surface area contributed by atoms with Crippen LogP contribution in [0.2, 0.25) is 0 Å². The zero-order valence-corrected chi connectivity index (χ0v) is 21.3. The first kappa shape index (κ1) is 27.0. The summed E-state index contributed by atoms with van der Waals surface area (Å²) in [6.07, 6.45) is 4.35. The van der Waals surface area contributed by atoms with E-state index in [4.69, 9.17) is 0 Å². The van der Waals surface area contributed by atoms with Crippen LogP contribution < -0.4 is 9.99 Å². The molecule has 11 nitrogen and oxygen atoms in total. The highest BCUT2D eigenvalue weighted by atomic mass is 32.2. The van der Waals surface area contributed by atoms with Crippen LogP contribution in [0.5, 0.6) is 0 Å². The molecule has 1 unspecified atom stereocenters. The number of nitrogens with zero attached hydrogens (tertiary/aromatic N) is 5. The quantitative estimate of drug-likeness (QED) is 0.178. The van der Waals surface area contributed by atoms with Crippen molar-refractivity contribution in [2.45, 2.75) is 24.7 Å². The number of rotatable bonds is 9. The number of allylic oxidation sites excluding steroid dienone is 2. The molecule has 1 aromatic carbocycles.